The Kier molecular flexibility index (Phi) is 6.16. The van der Waals surface area contributed by atoms with E-state index in [9.17, 15) is 4.79 Å². The molecule has 1 aliphatic rings. The number of methoxy groups -OCH3 is 1. The average Bonchev–Trinajstić information content (AvgIpc) is 3.37. The number of fused-ring (bicyclic) bond motifs is 1. The first-order valence-corrected chi connectivity index (χ1v) is 10.5. The molecule has 1 aromatic heterocycles. The summed E-state index contributed by atoms with van der Waals surface area (Å²) in [6.45, 7) is 4.18. The van der Waals surface area contributed by atoms with E-state index in [1.54, 1.807) is 14.2 Å². The third-order valence-electron chi connectivity index (χ3n) is 5.58. The Bertz CT molecular complexity index is 1250. The van der Waals surface area contributed by atoms with Gasteiger partial charge in [0.1, 0.15) is 12.4 Å². The van der Waals surface area contributed by atoms with Crippen LogP contribution in [0.1, 0.15) is 42.0 Å². The molecule has 9 heteroatoms. The lowest BCUT2D eigenvalue weighted by Gasteiger charge is -2.13. The molecule has 0 unspecified atom stereocenters. The summed E-state index contributed by atoms with van der Waals surface area (Å²) in [5.41, 5.74) is 5.33. The maximum Gasteiger partial charge on any atom is 0.368 e. The minimum absolute atomic E-state index is 0.243. The van der Waals surface area contributed by atoms with Gasteiger partial charge in [-0.05, 0) is 47.9 Å². The van der Waals surface area contributed by atoms with Crippen LogP contribution in [0.5, 0.6) is 5.75 Å². The molecule has 0 N–H and O–H groups in total. The van der Waals surface area contributed by atoms with Gasteiger partial charge < -0.3 is 9.47 Å². The van der Waals surface area contributed by atoms with Gasteiger partial charge >= 0.3 is 5.69 Å². The van der Waals surface area contributed by atoms with Crippen LogP contribution in [-0.4, -0.2) is 38.5 Å². The fraction of sp³-hybridized carbons (Fsp3) is 0.348. The zero-order valence-corrected chi connectivity index (χ0v) is 18.7. The van der Waals surface area contributed by atoms with E-state index < -0.39 is 0 Å². The van der Waals surface area contributed by atoms with Gasteiger partial charge in [0.15, 0.2) is 0 Å². The molecule has 0 radical (unpaired) electrons. The van der Waals surface area contributed by atoms with Crippen molar-refractivity contribution in [1.82, 2.24) is 19.8 Å². The summed E-state index contributed by atoms with van der Waals surface area (Å²) in [7, 11) is 3.25. The van der Waals surface area contributed by atoms with Crippen LogP contribution in [-0.2, 0) is 24.8 Å². The van der Waals surface area contributed by atoms with Crippen LogP contribution >= 0.6 is 0 Å². The number of hydrogen-bond acceptors (Lipinski definition) is 7. The second-order valence-corrected chi connectivity index (χ2v) is 7.54. The lowest BCUT2D eigenvalue weighted by atomic mass is 10.1. The number of benzene rings is 2. The fourth-order valence-corrected chi connectivity index (χ4v) is 3.78. The molecular formula is C23H26N6O3. The predicted molar refractivity (Wildman–Crippen MR) is 122 cm³/mol. The molecule has 0 saturated heterocycles. The Hall–Kier alpha value is -3.75. The maximum absolute atomic E-state index is 12.3. The Morgan fingerprint density at radius 1 is 1.16 bits per heavy atom. The molecule has 0 amide bonds. The maximum atomic E-state index is 12.3. The Morgan fingerprint density at radius 2 is 1.97 bits per heavy atom. The van der Waals surface area contributed by atoms with E-state index in [1.165, 1.54) is 14.9 Å². The van der Waals surface area contributed by atoms with Crippen LogP contribution in [0, 0.1) is 6.92 Å². The van der Waals surface area contributed by atoms with E-state index in [2.05, 4.69) is 20.6 Å². The molecule has 0 atom stereocenters. The van der Waals surface area contributed by atoms with Crippen LogP contribution in [0.4, 0.5) is 0 Å². The second kappa shape index (κ2) is 9.17. The summed E-state index contributed by atoms with van der Waals surface area (Å²) >= 11 is 0. The van der Waals surface area contributed by atoms with E-state index in [1.807, 2.05) is 50.2 Å². The van der Waals surface area contributed by atoms with Crippen LogP contribution in [0.2, 0.25) is 0 Å². The Balaban J connectivity index is 1.57. The van der Waals surface area contributed by atoms with Crippen molar-refractivity contribution in [2.75, 3.05) is 7.11 Å². The smallest absolute Gasteiger partial charge is 0.368 e. The normalized spacial score (nSPS) is 14.6. The van der Waals surface area contributed by atoms with E-state index in [0.29, 0.717) is 18.0 Å². The average molecular weight is 435 g/mol. The van der Waals surface area contributed by atoms with Crippen molar-refractivity contribution in [2.45, 2.75) is 39.7 Å². The van der Waals surface area contributed by atoms with Gasteiger partial charge in [-0.3, -0.25) is 0 Å². The second-order valence-electron chi connectivity index (χ2n) is 7.54. The van der Waals surface area contributed by atoms with Gasteiger partial charge in [-0.1, -0.05) is 31.2 Å². The molecule has 1 heterocycles. The van der Waals surface area contributed by atoms with Crippen molar-refractivity contribution in [3.63, 3.8) is 0 Å². The quantitative estimate of drug-likeness (QED) is 0.338. The SMILES string of the molecule is CC/C(=N\N=C1\CCc2c(OC)cccc21)OCc1c(C)cccc1-n1nnn(C)c1=O. The molecule has 0 aliphatic heterocycles. The van der Waals surface area contributed by atoms with Crippen molar-refractivity contribution in [3.05, 3.63) is 69.1 Å². The van der Waals surface area contributed by atoms with Crippen LogP contribution < -0.4 is 10.4 Å². The summed E-state index contributed by atoms with van der Waals surface area (Å²) < 4.78 is 13.9. The molecule has 3 aromatic rings. The first-order chi connectivity index (χ1) is 15.5. The number of aromatic nitrogens is 4. The van der Waals surface area contributed by atoms with Gasteiger partial charge in [-0.15, -0.1) is 5.10 Å². The minimum atomic E-state index is -0.317. The molecule has 9 nitrogen and oxygen atoms in total. The molecule has 4 rings (SSSR count). The number of tetrazole rings is 1. The minimum Gasteiger partial charge on any atom is -0.496 e. The monoisotopic (exact) mass is 434 g/mol. The van der Waals surface area contributed by atoms with Gasteiger partial charge in [-0.2, -0.15) is 14.5 Å². The lowest BCUT2D eigenvalue weighted by molar-refractivity contribution is 0.282. The molecule has 2 aromatic carbocycles. The number of rotatable bonds is 6. The Morgan fingerprint density at radius 3 is 2.69 bits per heavy atom. The topological polar surface area (TPSA) is 95.9 Å². The zero-order valence-electron chi connectivity index (χ0n) is 18.7. The molecule has 0 saturated carbocycles. The van der Waals surface area contributed by atoms with Crippen LogP contribution in [0.3, 0.4) is 0 Å². The summed E-state index contributed by atoms with van der Waals surface area (Å²) in [4.78, 5) is 12.3. The molecule has 0 spiro atoms. The summed E-state index contributed by atoms with van der Waals surface area (Å²) in [5.74, 6) is 1.41. The largest absolute Gasteiger partial charge is 0.496 e. The van der Waals surface area contributed by atoms with Gasteiger partial charge in [0.2, 0.25) is 5.90 Å². The van der Waals surface area contributed by atoms with E-state index in [4.69, 9.17) is 9.47 Å². The predicted octanol–water partition coefficient (Wildman–Crippen LogP) is 2.96. The molecule has 0 bridgehead atoms. The van der Waals surface area contributed by atoms with Gasteiger partial charge in [0, 0.05) is 30.2 Å². The number of hydrogen-bond donors (Lipinski definition) is 0. The highest BCUT2D eigenvalue weighted by Crippen LogP contribution is 2.30. The third-order valence-corrected chi connectivity index (χ3v) is 5.58. The fourth-order valence-electron chi connectivity index (χ4n) is 3.78. The van der Waals surface area contributed by atoms with E-state index in [0.717, 1.165) is 41.0 Å². The van der Waals surface area contributed by atoms with Crippen molar-refractivity contribution >= 4 is 11.6 Å². The highest BCUT2D eigenvalue weighted by molar-refractivity contribution is 6.05. The molecule has 166 valence electrons. The molecule has 1 aliphatic carbocycles. The highest BCUT2D eigenvalue weighted by Gasteiger charge is 2.21. The molecule has 32 heavy (non-hydrogen) atoms. The van der Waals surface area contributed by atoms with Crippen molar-refractivity contribution in [2.24, 2.45) is 17.3 Å². The summed E-state index contributed by atoms with van der Waals surface area (Å²) in [5, 5.41) is 16.6. The van der Waals surface area contributed by atoms with E-state index in [-0.39, 0.29) is 12.3 Å². The van der Waals surface area contributed by atoms with Crippen molar-refractivity contribution < 1.29 is 9.47 Å². The zero-order chi connectivity index (χ0) is 22.7. The van der Waals surface area contributed by atoms with Gasteiger partial charge in [-0.25, -0.2) is 4.79 Å². The molecule has 0 fully saturated rings. The number of aryl methyl sites for hydroxylation is 2. The van der Waals surface area contributed by atoms with Gasteiger partial charge in [0.05, 0.1) is 18.5 Å². The lowest BCUT2D eigenvalue weighted by Crippen LogP contribution is -2.23. The standard InChI is InChI=1S/C23H26N6O3/c1-5-22(25-24-19-13-12-17-16(19)9-7-11-21(17)31-4)32-14-18-15(2)8-6-10-20(18)29-23(30)28(3)26-27-29/h6-11H,5,12-14H2,1-4H3/b24-19-,25-22+. The van der Waals surface area contributed by atoms with Crippen LogP contribution in [0.25, 0.3) is 5.69 Å². The summed E-state index contributed by atoms with van der Waals surface area (Å²) in [6.07, 6.45) is 2.29. The van der Waals surface area contributed by atoms with E-state index >= 15 is 0 Å². The first-order valence-electron chi connectivity index (χ1n) is 10.5. The van der Waals surface area contributed by atoms with Crippen LogP contribution in [0.15, 0.2) is 51.4 Å². The third kappa shape index (κ3) is 4.05. The van der Waals surface area contributed by atoms with Crippen molar-refractivity contribution in [1.29, 1.82) is 0 Å². The van der Waals surface area contributed by atoms with Crippen molar-refractivity contribution in [3.8, 4) is 11.4 Å². The summed E-state index contributed by atoms with van der Waals surface area (Å²) in [6, 6.07) is 11.6. The Labute approximate surface area is 186 Å². The number of ether oxygens (including phenoxy) is 2. The van der Waals surface area contributed by atoms with Gasteiger partial charge in [0.25, 0.3) is 0 Å². The first kappa shape index (κ1) is 21.5. The molecular weight excluding hydrogens is 408 g/mol. The number of nitrogens with zero attached hydrogens (tertiary/aromatic N) is 6. The highest BCUT2D eigenvalue weighted by atomic mass is 16.5.